The zero-order valence-corrected chi connectivity index (χ0v) is 12.5. The van der Waals surface area contributed by atoms with Gasteiger partial charge in [-0.2, -0.15) is 0 Å². The lowest BCUT2D eigenvalue weighted by Crippen LogP contribution is -2.45. The number of hydrogen-bond donors (Lipinski definition) is 3. The average molecular weight is 286 g/mol. The van der Waals surface area contributed by atoms with Crippen molar-refractivity contribution in [2.45, 2.75) is 50.3 Å². The first-order chi connectivity index (χ1) is 8.51. The van der Waals surface area contributed by atoms with Crippen molar-refractivity contribution < 1.29 is 13.5 Å². The normalized spacial score (nSPS) is 16.1. The van der Waals surface area contributed by atoms with Gasteiger partial charge >= 0.3 is 0 Å². The number of hydrogen-bond acceptors (Lipinski definition) is 4. The monoisotopic (exact) mass is 286 g/mol. The molecule has 0 aliphatic heterocycles. The largest absolute Gasteiger partial charge is 0.389 e. The van der Waals surface area contributed by atoms with Gasteiger partial charge in [0.1, 0.15) is 0 Å². The molecule has 1 rings (SSSR count). The van der Waals surface area contributed by atoms with Crippen LogP contribution in [0.15, 0.2) is 29.2 Å². The number of primary sulfonamides is 1. The second kappa shape index (κ2) is 5.58. The molecule has 2 unspecified atom stereocenters. The molecule has 0 heterocycles. The molecule has 0 saturated carbocycles. The fourth-order valence-electron chi connectivity index (χ4n) is 1.62. The van der Waals surface area contributed by atoms with Crippen molar-refractivity contribution in [3.63, 3.8) is 0 Å². The molecule has 6 heteroatoms. The van der Waals surface area contributed by atoms with Gasteiger partial charge in [0, 0.05) is 12.1 Å². The summed E-state index contributed by atoms with van der Waals surface area (Å²) in [4.78, 5) is 0.0963. The molecular formula is C13H22N2O3S. The lowest BCUT2D eigenvalue weighted by molar-refractivity contribution is 0.0405. The SMILES string of the molecule is CC(NC(C)C(C)(C)O)c1ccc(S(N)(=O)=O)cc1. The van der Waals surface area contributed by atoms with Gasteiger partial charge in [0.15, 0.2) is 0 Å². The fourth-order valence-corrected chi connectivity index (χ4v) is 2.14. The van der Waals surface area contributed by atoms with Gasteiger partial charge in [-0.15, -0.1) is 0 Å². The molecule has 0 aromatic heterocycles. The van der Waals surface area contributed by atoms with Crippen LogP contribution in [0, 0.1) is 0 Å². The van der Waals surface area contributed by atoms with Crippen LogP contribution in [0.4, 0.5) is 0 Å². The lowest BCUT2D eigenvalue weighted by Gasteiger charge is -2.30. The summed E-state index contributed by atoms with van der Waals surface area (Å²) in [5.74, 6) is 0. The molecule has 0 saturated heterocycles. The summed E-state index contributed by atoms with van der Waals surface area (Å²) < 4.78 is 22.3. The van der Waals surface area contributed by atoms with E-state index in [1.54, 1.807) is 26.0 Å². The number of nitrogens with two attached hydrogens (primary N) is 1. The minimum atomic E-state index is -3.65. The predicted molar refractivity (Wildman–Crippen MR) is 75.1 cm³/mol. The Kier molecular flexibility index (Phi) is 4.73. The maximum absolute atomic E-state index is 11.2. The van der Waals surface area contributed by atoms with Crippen molar-refractivity contribution >= 4 is 10.0 Å². The Bertz CT molecular complexity index is 518. The molecule has 1 aromatic carbocycles. The highest BCUT2D eigenvalue weighted by Gasteiger charge is 2.23. The first-order valence-corrected chi connectivity index (χ1v) is 7.67. The summed E-state index contributed by atoms with van der Waals surface area (Å²) >= 11 is 0. The van der Waals surface area contributed by atoms with E-state index in [0.717, 1.165) is 5.56 Å². The molecular weight excluding hydrogens is 264 g/mol. The van der Waals surface area contributed by atoms with E-state index < -0.39 is 15.6 Å². The molecule has 1 aromatic rings. The minimum Gasteiger partial charge on any atom is -0.389 e. The van der Waals surface area contributed by atoms with Crippen molar-refractivity contribution in [3.05, 3.63) is 29.8 Å². The zero-order chi connectivity index (χ0) is 14.8. The van der Waals surface area contributed by atoms with E-state index in [0.29, 0.717) is 0 Å². The van der Waals surface area contributed by atoms with Crippen molar-refractivity contribution in [3.8, 4) is 0 Å². The third-order valence-corrected chi connectivity index (χ3v) is 4.20. The second-order valence-corrected chi connectivity index (χ2v) is 6.94. The van der Waals surface area contributed by atoms with Gasteiger partial charge in [-0.25, -0.2) is 13.6 Å². The van der Waals surface area contributed by atoms with Crippen LogP contribution in [0.25, 0.3) is 0 Å². The Labute approximate surface area is 114 Å². The summed E-state index contributed by atoms with van der Waals surface area (Å²) in [5.41, 5.74) is 0.109. The Morgan fingerprint density at radius 2 is 1.68 bits per heavy atom. The third-order valence-electron chi connectivity index (χ3n) is 3.27. The third kappa shape index (κ3) is 4.58. The van der Waals surface area contributed by atoms with Crippen LogP contribution in [0.5, 0.6) is 0 Å². The van der Waals surface area contributed by atoms with Gasteiger partial charge in [-0.3, -0.25) is 0 Å². The quantitative estimate of drug-likeness (QED) is 0.757. The smallest absolute Gasteiger partial charge is 0.238 e. The van der Waals surface area contributed by atoms with Crippen LogP contribution in [0.1, 0.15) is 39.3 Å². The van der Waals surface area contributed by atoms with Crippen molar-refractivity contribution in [1.29, 1.82) is 0 Å². The van der Waals surface area contributed by atoms with Crippen LogP contribution in [0.2, 0.25) is 0 Å². The van der Waals surface area contributed by atoms with Gasteiger partial charge in [-0.1, -0.05) is 12.1 Å². The van der Waals surface area contributed by atoms with Crippen molar-refractivity contribution in [2.24, 2.45) is 5.14 Å². The molecule has 0 amide bonds. The van der Waals surface area contributed by atoms with Crippen LogP contribution < -0.4 is 10.5 Å². The molecule has 0 fully saturated rings. The van der Waals surface area contributed by atoms with Gasteiger partial charge in [0.2, 0.25) is 10.0 Å². The second-order valence-electron chi connectivity index (χ2n) is 5.38. The summed E-state index contributed by atoms with van der Waals surface area (Å²) in [6.45, 7) is 7.33. The average Bonchev–Trinajstić information content (AvgIpc) is 2.26. The molecule has 0 aliphatic carbocycles. The molecule has 108 valence electrons. The highest BCUT2D eigenvalue weighted by atomic mass is 32.2. The number of nitrogens with one attached hydrogen (secondary N) is 1. The topological polar surface area (TPSA) is 92.4 Å². The van der Waals surface area contributed by atoms with Crippen molar-refractivity contribution in [2.75, 3.05) is 0 Å². The van der Waals surface area contributed by atoms with Gasteiger partial charge in [0.25, 0.3) is 0 Å². The van der Waals surface area contributed by atoms with Crippen molar-refractivity contribution in [1.82, 2.24) is 5.32 Å². The highest BCUT2D eigenvalue weighted by molar-refractivity contribution is 7.89. The molecule has 0 spiro atoms. The molecule has 5 nitrogen and oxygen atoms in total. The molecule has 0 radical (unpaired) electrons. The maximum atomic E-state index is 11.2. The summed E-state index contributed by atoms with van der Waals surface area (Å²) in [6, 6.07) is 6.30. The van der Waals surface area contributed by atoms with Gasteiger partial charge in [-0.05, 0) is 45.4 Å². The van der Waals surface area contributed by atoms with Gasteiger partial charge < -0.3 is 10.4 Å². The van der Waals surface area contributed by atoms with E-state index in [4.69, 9.17) is 5.14 Å². The first-order valence-electron chi connectivity index (χ1n) is 6.13. The van der Waals surface area contributed by atoms with E-state index in [-0.39, 0.29) is 17.0 Å². The number of sulfonamides is 1. The standard InChI is InChI=1S/C13H22N2O3S/c1-9(15-10(2)13(3,4)16)11-5-7-12(8-6-11)19(14,17)18/h5-10,15-16H,1-4H3,(H2,14,17,18). The molecule has 0 bridgehead atoms. The minimum absolute atomic E-state index is 0.00375. The van der Waals surface area contributed by atoms with E-state index in [1.165, 1.54) is 12.1 Å². The summed E-state index contributed by atoms with van der Waals surface area (Å²) in [6.07, 6.45) is 0. The lowest BCUT2D eigenvalue weighted by atomic mass is 9.98. The maximum Gasteiger partial charge on any atom is 0.238 e. The van der Waals surface area contributed by atoms with Gasteiger partial charge in [0.05, 0.1) is 10.5 Å². The Balaban J connectivity index is 2.82. The van der Waals surface area contributed by atoms with Crippen LogP contribution in [-0.2, 0) is 10.0 Å². The fraction of sp³-hybridized carbons (Fsp3) is 0.538. The Morgan fingerprint density at radius 3 is 2.05 bits per heavy atom. The van der Waals surface area contributed by atoms with E-state index >= 15 is 0 Å². The van der Waals surface area contributed by atoms with E-state index in [1.807, 2.05) is 13.8 Å². The van der Waals surface area contributed by atoms with Crippen LogP contribution in [-0.4, -0.2) is 25.2 Å². The molecule has 19 heavy (non-hydrogen) atoms. The Morgan fingerprint density at radius 1 is 1.21 bits per heavy atom. The predicted octanol–water partition coefficient (Wildman–Crippen LogP) is 1.14. The Hall–Kier alpha value is -0.950. The highest BCUT2D eigenvalue weighted by Crippen LogP contribution is 2.18. The molecule has 4 N–H and O–H groups in total. The van der Waals surface area contributed by atoms with Crippen LogP contribution >= 0.6 is 0 Å². The number of rotatable bonds is 5. The number of aliphatic hydroxyl groups is 1. The zero-order valence-electron chi connectivity index (χ0n) is 11.7. The number of benzene rings is 1. The van der Waals surface area contributed by atoms with E-state index in [9.17, 15) is 13.5 Å². The van der Waals surface area contributed by atoms with Crippen LogP contribution in [0.3, 0.4) is 0 Å². The van der Waals surface area contributed by atoms with E-state index in [2.05, 4.69) is 5.32 Å². The molecule has 0 aliphatic rings. The summed E-state index contributed by atoms with van der Waals surface area (Å²) in [5, 5.41) is 18.2. The first kappa shape index (κ1) is 16.1. The summed E-state index contributed by atoms with van der Waals surface area (Å²) in [7, 11) is -3.65. The molecule has 2 atom stereocenters.